The molecule has 116 valence electrons. The van der Waals surface area contributed by atoms with Crippen molar-refractivity contribution in [2.24, 2.45) is 0 Å². The van der Waals surface area contributed by atoms with Crippen molar-refractivity contribution in [3.8, 4) is 5.75 Å². The van der Waals surface area contributed by atoms with Crippen molar-refractivity contribution in [3.63, 3.8) is 0 Å². The zero-order valence-corrected chi connectivity index (χ0v) is 13.9. The van der Waals surface area contributed by atoms with Crippen LogP contribution in [-0.2, 0) is 10.0 Å². The molecule has 0 bridgehead atoms. The average Bonchev–Trinajstić information content (AvgIpc) is 2.47. The Labute approximate surface area is 136 Å². The first-order chi connectivity index (χ1) is 10.3. The van der Waals surface area contributed by atoms with Gasteiger partial charge in [-0.05, 0) is 48.9 Å². The lowest BCUT2D eigenvalue weighted by Crippen LogP contribution is -2.41. The number of aromatic hydroxyl groups is 1. The summed E-state index contributed by atoms with van der Waals surface area (Å²) in [6.45, 7) is 1.76. The minimum absolute atomic E-state index is 0.0319. The lowest BCUT2D eigenvalue weighted by atomic mass is 10.2. The molecule has 6 nitrogen and oxygen atoms in total. The van der Waals surface area contributed by atoms with Crippen molar-refractivity contribution < 1.29 is 18.3 Å². The minimum atomic E-state index is -3.88. The van der Waals surface area contributed by atoms with Crippen LogP contribution in [0.25, 0.3) is 0 Å². The van der Waals surface area contributed by atoms with Crippen LogP contribution < -0.4 is 10.3 Å². The van der Waals surface area contributed by atoms with Crippen LogP contribution in [0.4, 0.5) is 0 Å². The van der Waals surface area contributed by atoms with E-state index in [0.29, 0.717) is 0 Å². The van der Waals surface area contributed by atoms with Crippen LogP contribution in [0.15, 0.2) is 51.8 Å². The number of aryl methyl sites for hydroxylation is 1. The molecule has 3 N–H and O–H groups in total. The predicted molar refractivity (Wildman–Crippen MR) is 84.8 cm³/mol. The largest absolute Gasteiger partial charge is 0.508 e. The van der Waals surface area contributed by atoms with Gasteiger partial charge in [0.15, 0.2) is 0 Å². The highest BCUT2D eigenvalue weighted by Gasteiger charge is 2.16. The summed E-state index contributed by atoms with van der Waals surface area (Å²) in [7, 11) is -3.88. The van der Waals surface area contributed by atoms with Gasteiger partial charge in [-0.2, -0.15) is 0 Å². The quantitative estimate of drug-likeness (QED) is 0.703. The number of amides is 1. The number of hydrogen-bond acceptors (Lipinski definition) is 4. The van der Waals surface area contributed by atoms with Crippen molar-refractivity contribution in [2.75, 3.05) is 0 Å². The number of hydrogen-bond donors (Lipinski definition) is 3. The van der Waals surface area contributed by atoms with Crippen molar-refractivity contribution in [1.29, 1.82) is 0 Å². The number of rotatable bonds is 4. The molecule has 0 radical (unpaired) electrons. The van der Waals surface area contributed by atoms with Gasteiger partial charge < -0.3 is 5.11 Å². The monoisotopic (exact) mass is 384 g/mol. The molecule has 0 fully saturated rings. The molecule has 0 saturated heterocycles. The Morgan fingerprint density at radius 2 is 1.91 bits per heavy atom. The molecule has 1 amide bonds. The van der Waals surface area contributed by atoms with Gasteiger partial charge in [0.2, 0.25) is 0 Å². The number of nitrogens with one attached hydrogen (secondary N) is 2. The van der Waals surface area contributed by atoms with Crippen LogP contribution in [0.3, 0.4) is 0 Å². The van der Waals surface area contributed by atoms with Crippen molar-refractivity contribution >= 4 is 31.9 Å². The van der Waals surface area contributed by atoms with Crippen LogP contribution in [0.2, 0.25) is 0 Å². The Kier molecular flexibility index (Phi) is 4.84. The molecular weight excluding hydrogens is 372 g/mol. The van der Waals surface area contributed by atoms with Crippen LogP contribution in [0.1, 0.15) is 15.9 Å². The van der Waals surface area contributed by atoms with E-state index in [1.807, 2.05) is 4.83 Å². The number of phenolic OH excluding ortho intramolecular Hbond substituents is 1. The van der Waals surface area contributed by atoms with Gasteiger partial charge in [0.05, 0.1) is 4.90 Å². The smallest absolute Gasteiger partial charge is 0.266 e. The maximum Gasteiger partial charge on any atom is 0.266 e. The van der Waals surface area contributed by atoms with E-state index in [2.05, 4.69) is 21.4 Å². The van der Waals surface area contributed by atoms with E-state index in [1.54, 1.807) is 13.0 Å². The van der Waals surface area contributed by atoms with E-state index < -0.39 is 15.9 Å². The van der Waals surface area contributed by atoms with E-state index in [0.717, 1.165) is 10.0 Å². The number of benzene rings is 2. The molecule has 0 unspecified atom stereocenters. The zero-order valence-electron chi connectivity index (χ0n) is 11.5. The van der Waals surface area contributed by atoms with Gasteiger partial charge >= 0.3 is 0 Å². The fourth-order valence-corrected chi connectivity index (χ4v) is 2.85. The third kappa shape index (κ3) is 3.85. The predicted octanol–water partition coefficient (Wildman–Crippen LogP) is 2.09. The van der Waals surface area contributed by atoms with Crippen LogP contribution in [0, 0.1) is 6.92 Å². The Bertz CT molecular complexity index is 821. The number of halogens is 1. The van der Waals surface area contributed by atoms with Gasteiger partial charge in [-0.15, -0.1) is 4.83 Å². The number of carbonyl (C=O) groups excluding carboxylic acids is 1. The van der Waals surface area contributed by atoms with Crippen LogP contribution in [0.5, 0.6) is 5.75 Å². The first kappa shape index (κ1) is 16.5. The van der Waals surface area contributed by atoms with E-state index in [1.165, 1.54) is 36.4 Å². The van der Waals surface area contributed by atoms with Gasteiger partial charge in [0.1, 0.15) is 5.75 Å². The molecule has 22 heavy (non-hydrogen) atoms. The molecule has 0 aliphatic heterocycles. The summed E-state index contributed by atoms with van der Waals surface area (Å²) in [5.41, 5.74) is 2.99. The van der Waals surface area contributed by atoms with Gasteiger partial charge in [-0.1, -0.05) is 22.0 Å². The Morgan fingerprint density at radius 1 is 1.18 bits per heavy atom. The summed E-state index contributed by atoms with van der Waals surface area (Å²) in [6, 6.07) is 10.1. The minimum Gasteiger partial charge on any atom is -0.508 e. The Morgan fingerprint density at radius 3 is 2.55 bits per heavy atom. The van der Waals surface area contributed by atoms with Crippen molar-refractivity contribution in [2.45, 2.75) is 11.8 Å². The summed E-state index contributed by atoms with van der Waals surface area (Å²) < 4.78 is 25.0. The SMILES string of the molecule is Cc1cc(S(=O)(=O)NNC(=O)c2cccc(O)c2)ccc1Br. The summed E-state index contributed by atoms with van der Waals surface area (Å²) in [5.74, 6) is -0.757. The summed E-state index contributed by atoms with van der Waals surface area (Å²) >= 11 is 3.29. The average molecular weight is 385 g/mol. The van der Waals surface area contributed by atoms with E-state index >= 15 is 0 Å². The molecule has 2 aromatic carbocycles. The molecule has 2 rings (SSSR count). The standard InChI is InChI=1S/C14H13BrN2O4S/c1-9-7-12(5-6-13(9)15)22(20,21)17-16-14(19)10-3-2-4-11(18)8-10/h2-8,17-18H,1H3,(H,16,19). The molecule has 0 saturated carbocycles. The maximum atomic E-state index is 12.1. The fraction of sp³-hybridized carbons (Fsp3) is 0.0714. The zero-order chi connectivity index (χ0) is 16.3. The number of hydrazine groups is 1. The lowest BCUT2D eigenvalue weighted by Gasteiger charge is -2.09. The molecule has 0 aliphatic rings. The Hall–Kier alpha value is -1.90. The lowest BCUT2D eigenvalue weighted by molar-refractivity contribution is 0.0944. The number of phenols is 1. The van der Waals surface area contributed by atoms with Gasteiger partial charge in [-0.3, -0.25) is 10.2 Å². The summed E-state index contributed by atoms with van der Waals surface area (Å²) in [4.78, 5) is 13.9. The highest BCUT2D eigenvalue weighted by molar-refractivity contribution is 9.10. The summed E-state index contributed by atoms with van der Waals surface area (Å²) in [5, 5.41) is 9.30. The second kappa shape index (κ2) is 6.47. The second-order valence-corrected chi connectivity index (χ2v) is 7.06. The molecule has 8 heteroatoms. The maximum absolute atomic E-state index is 12.1. The molecular formula is C14H13BrN2O4S. The third-order valence-corrected chi connectivity index (χ3v) is 4.98. The van der Waals surface area contributed by atoms with E-state index in [-0.39, 0.29) is 16.2 Å². The normalized spacial score (nSPS) is 11.2. The topological polar surface area (TPSA) is 95.5 Å². The van der Waals surface area contributed by atoms with Crippen LogP contribution in [-0.4, -0.2) is 19.4 Å². The number of sulfonamides is 1. The first-order valence-electron chi connectivity index (χ1n) is 6.17. The molecule has 0 spiro atoms. The highest BCUT2D eigenvalue weighted by Crippen LogP contribution is 2.19. The Balaban J connectivity index is 2.12. The van der Waals surface area contributed by atoms with Gasteiger partial charge in [-0.25, -0.2) is 8.42 Å². The third-order valence-electron chi connectivity index (χ3n) is 2.85. The summed E-state index contributed by atoms with van der Waals surface area (Å²) in [6.07, 6.45) is 0. The molecule has 0 aromatic heterocycles. The van der Waals surface area contributed by atoms with E-state index in [9.17, 15) is 18.3 Å². The molecule has 2 aromatic rings. The molecule has 0 heterocycles. The second-order valence-electron chi connectivity index (χ2n) is 4.52. The van der Waals surface area contributed by atoms with Crippen molar-refractivity contribution in [3.05, 3.63) is 58.1 Å². The highest BCUT2D eigenvalue weighted by atomic mass is 79.9. The first-order valence-corrected chi connectivity index (χ1v) is 8.44. The van der Waals surface area contributed by atoms with Gasteiger partial charge in [0.25, 0.3) is 15.9 Å². The molecule has 0 aliphatic carbocycles. The molecule has 0 atom stereocenters. The van der Waals surface area contributed by atoms with Crippen LogP contribution >= 0.6 is 15.9 Å². The number of carbonyl (C=O) groups is 1. The van der Waals surface area contributed by atoms with Gasteiger partial charge in [0, 0.05) is 10.0 Å². The van der Waals surface area contributed by atoms with Crippen molar-refractivity contribution in [1.82, 2.24) is 10.3 Å². The van der Waals surface area contributed by atoms with E-state index in [4.69, 9.17) is 0 Å². The fourth-order valence-electron chi connectivity index (χ4n) is 1.68.